The van der Waals surface area contributed by atoms with Gasteiger partial charge < -0.3 is 10.6 Å². The zero-order chi connectivity index (χ0) is 18.1. The van der Waals surface area contributed by atoms with Gasteiger partial charge in [0.1, 0.15) is 5.82 Å². The Balaban J connectivity index is 1.65. The van der Waals surface area contributed by atoms with E-state index >= 15 is 0 Å². The van der Waals surface area contributed by atoms with E-state index in [1.165, 1.54) is 12.1 Å². The van der Waals surface area contributed by atoms with Gasteiger partial charge in [0.15, 0.2) is 5.82 Å². The van der Waals surface area contributed by atoms with Crippen LogP contribution in [0.3, 0.4) is 0 Å². The van der Waals surface area contributed by atoms with E-state index in [2.05, 4.69) is 10.4 Å². The monoisotopic (exact) mass is 345 g/mol. The number of nitrogens with zero attached hydrogens (tertiary/aromatic N) is 3. The SMILES string of the molecule is CN(C(=O)Nc1cc(-c2ccc(F)cc2)n(C)n1)C1CC(C(N)=O)C1. The average Bonchev–Trinajstić information content (AvgIpc) is 2.86. The highest BCUT2D eigenvalue weighted by Gasteiger charge is 2.37. The molecule has 1 aliphatic carbocycles. The van der Waals surface area contributed by atoms with Crippen molar-refractivity contribution in [1.82, 2.24) is 14.7 Å². The molecular weight excluding hydrogens is 325 g/mol. The average molecular weight is 345 g/mol. The van der Waals surface area contributed by atoms with Crippen molar-refractivity contribution in [2.75, 3.05) is 12.4 Å². The fourth-order valence-corrected chi connectivity index (χ4v) is 2.92. The maximum Gasteiger partial charge on any atom is 0.323 e. The van der Waals surface area contributed by atoms with Crippen LogP contribution in [0, 0.1) is 11.7 Å². The lowest BCUT2D eigenvalue weighted by molar-refractivity contribution is -0.125. The molecule has 0 unspecified atom stereocenters. The molecule has 1 saturated carbocycles. The fraction of sp³-hybridized carbons (Fsp3) is 0.353. The molecule has 0 atom stereocenters. The highest BCUT2D eigenvalue weighted by molar-refractivity contribution is 5.89. The third kappa shape index (κ3) is 3.47. The number of urea groups is 1. The number of carbonyl (C=O) groups excluding carboxylic acids is 2. The molecule has 1 heterocycles. The van der Waals surface area contributed by atoms with E-state index < -0.39 is 0 Å². The van der Waals surface area contributed by atoms with E-state index in [4.69, 9.17) is 5.73 Å². The normalized spacial score (nSPS) is 19.2. The number of hydrogen-bond acceptors (Lipinski definition) is 3. The second-order valence-corrected chi connectivity index (χ2v) is 6.31. The minimum Gasteiger partial charge on any atom is -0.369 e. The van der Waals surface area contributed by atoms with Crippen LogP contribution in [-0.2, 0) is 11.8 Å². The number of carbonyl (C=O) groups is 2. The molecule has 0 saturated heterocycles. The van der Waals surface area contributed by atoms with E-state index in [0.29, 0.717) is 18.7 Å². The predicted molar refractivity (Wildman–Crippen MR) is 91.1 cm³/mol. The second-order valence-electron chi connectivity index (χ2n) is 6.31. The molecule has 25 heavy (non-hydrogen) atoms. The summed E-state index contributed by atoms with van der Waals surface area (Å²) in [7, 11) is 3.43. The first-order valence-electron chi connectivity index (χ1n) is 7.98. The fourth-order valence-electron chi connectivity index (χ4n) is 2.92. The number of aromatic nitrogens is 2. The van der Waals surface area contributed by atoms with Crippen LogP contribution in [0.15, 0.2) is 30.3 Å². The summed E-state index contributed by atoms with van der Waals surface area (Å²) in [5.41, 5.74) is 6.81. The number of rotatable bonds is 4. The Kier molecular flexibility index (Phi) is 4.43. The number of aryl methyl sites for hydroxylation is 1. The Bertz CT molecular complexity index is 796. The standard InChI is InChI=1S/C17H20FN5O2/c1-22(13-7-11(8-13)16(19)24)17(25)20-15-9-14(23(2)21-15)10-3-5-12(18)6-4-10/h3-6,9,11,13H,7-8H2,1-2H3,(H2,19,24)(H,20,21,25). The highest BCUT2D eigenvalue weighted by Crippen LogP contribution is 2.31. The van der Waals surface area contributed by atoms with Gasteiger partial charge in [-0.1, -0.05) is 0 Å². The van der Waals surface area contributed by atoms with E-state index in [-0.39, 0.29) is 29.7 Å². The number of benzene rings is 1. The van der Waals surface area contributed by atoms with Gasteiger partial charge in [0.05, 0.1) is 5.69 Å². The van der Waals surface area contributed by atoms with Crippen LogP contribution in [0.25, 0.3) is 11.3 Å². The van der Waals surface area contributed by atoms with Crippen molar-refractivity contribution < 1.29 is 14.0 Å². The number of nitrogens with one attached hydrogen (secondary N) is 1. The smallest absolute Gasteiger partial charge is 0.323 e. The Hall–Kier alpha value is -2.90. The maximum absolute atomic E-state index is 13.0. The lowest BCUT2D eigenvalue weighted by Crippen LogP contribution is -2.50. The summed E-state index contributed by atoms with van der Waals surface area (Å²) in [6.45, 7) is 0. The number of amides is 3. The second kappa shape index (κ2) is 6.54. The summed E-state index contributed by atoms with van der Waals surface area (Å²) in [4.78, 5) is 25.0. The largest absolute Gasteiger partial charge is 0.369 e. The third-order valence-corrected chi connectivity index (χ3v) is 4.64. The van der Waals surface area contributed by atoms with Crippen molar-refractivity contribution in [3.63, 3.8) is 0 Å². The van der Waals surface area contributed by atoms with Crippen LogP contribution in [0.5, 0.6) is 0 Å². The van der Waals surface area contributed by atoms with Gasteiger partial charge in [0.2, 0.25) is 5.91 Å². The molecule has 0 aliphatic heterocycles. The predicted octanol–water partition coefficient (Wildman–Crippen LogP) is 1.95. The zero-order valence-electron chi connectivity index (χ0n) is 14.1. The molecule has 1 aliphatic rings. The van der Waals surface area contributed by atoms with Crippen LogP contribution >= 0.6 is 0 Å². The quantitative estimate of drug-likeness (QED) is 0.887. The van der Waals surface area contributed by atoms with Gasteiger partial charge in [-0.2, -0.15) is 5.10 Å². The maximum atomic E-state index is 13.0. The summed E-state index contributed by atoms with van der Waals surface area (Å²) in [5, 5.41) is 7.01. The lowest BCUT2D eigenvalue weighted by Gasteiger charge is -2.39. The molecule has 1 fully saturated rings. The first kappa shape index (κ1) is 16.9. The molecule has 1 aromatic carbocycles. The summed E-state index contributed by atoms with van der Waals surface area (Å²) < 4.78 is 14.7. The van der Waals surface area contributed by atoms with Crippen molar-refractivity contribution in [2.45, 2.75) is 18.9 Å². The number of nitrogens with two attached hydrogens (primary N) is 1. The lowest BCUT2D eigenvalue weighted by atomic mass is 9.79. The summed E-state index contributed by atoms with van der Waals surface area (Å²) in [6, 6.07) is 7.49. The van der Waals surface area contributed by atoms with Crippen molar-refractivity contribution in [3.05, 3.63) is 36.1 Å². The highest BCUT2D eigenvalue weighted by atomic mass is 19.1. The van der Waals surface area contributed by atoms with Gasteiger partial charge >= 0.3 is 6.03 Å². The van der Waals surface area contributed by atoms with Gasteiger partial charge in [0, 0.05) is 37.7 Å². The topological polar surface area (TPSA) is 93.2 Å². The van der Waals surface area contributed by atoms with Crippen molar-refractivity contribution >= 4 is 17.8 Å². The Morgan fingerprint density at radius 3 is 2.56 bits per heavy atom. The van der Waals surface area contributed by atoms with Crippen LogP contribution in [0.2, 0.25) is 0 Å². The molecule has 3 N–H and O–H groups in total. The molecule has 0 radical (unpaired) electrons. The van der Waals surface area contributed by atoms with Crippen LogP contribution in [0.1, 0.15) is 12.8 Å². The minimum atomic E-state index is -0.321. The summed E-state index contributed by atoms with van der Waals surface area (Å²) in [5.74, 6) is -0.376. The van der Waals surface area contributed by atoms with Gasteiger partial charge in [0.25, 0.3) is 0 Å². The molecule has 7 nitrogen and oxygen atoms in total. The third-order valence-electron chi connectivity index (χ3n) is 4.64. The molecular formula is C17H20FN5O2. The van der Waals surface area contributed by atoms with Crippen LogP contribution < -0.4 is 11.1 Å². The first-order valence-corrected chi connectivity index (χ1v) is 7.98. The molecule has 1 aromatic heterocycles. The zero-order valence-corrected chi connectivity index (χ0v) is 14.1. The van der Waals surface area contributed by atoms with Gasteiger partial charge in [-0.25, -0.2) is 9.18 Å². The van der Waals surface area contributed by atoms with Gasteiger partial charge in [-0.15, -0.1) is 0 Å². The number of anilines is 1. The number of halogens is 1. The number of hydrogen-bond donors (Lipinski definition) is 2. The van der Waals surface area contributed by atoms with E-state index in [9.17, 15) is 14.0 Å². The van der Waals surface area contributed by atoms with Gasteiger partial charge in [-0.3, -0.25) is 14.8 Å². The van der Waals surface area contributed by atoms with Crippen molar-refractivity contribution in [3.8, 4) is 11.3 Å². The molecule has 3 rings (SSSR count). The van der Waals surface area contributed by atoms with Crippen molar-refractivity contribution in [1.29, 1.82) is 0 Å². The van der Waals surface area contributed by atoms with Crippen LogP contribution in [0.4, 0.5) is 15.0 Å². The van der Waals surface area contributed by atoms with E-state index in [0.717, 1.165) is 11.3 Å². The van der Waals surface area contributed by atoms with Crippen molar-refractivity contribution in [2.24, 2.45) is 18.7 Å². The Labute approximate surface area is 144 Å². The number of primary amides is 1. The van der Waals surface area contributed by atoms with Crippen LogP contribution in [-0.4, -0.2) is 39.7 Å². The molecule has 0 bridgehead atoms. The summed E-state index contributed by atoms with van der Waals surface area (Å²) >= 11 is 0. The molecule has 132 valence electrons. The minimum absolute atomic E-state index is 0.00205. The molecule has 2 aromatic rings. The first-order chi connectivity index (χ1) is 11.8. The van der Waals surface area contributed by atoms with Gasteiger partial charge in [-0.05, 0) is 37.1 Å². The van der Waals surface area contributed by atoms with E-state index in [1.807, 2.05) is 0 Å². The van der Waals surface area contributed by atoms with E-state index in [1.54, 1.807) is 41.9 Å². The Morgan fingerprint density at radius 1 is 1.32 bits per heavy atom. The molecule has 3 amide bonds. The molecule has 0 spiro atoms. The molecule has 8 heteroatoms. The summed E-state index contributed by atoms with van der Waals surface area (Å²) in [6.07, 6.45) is 1.17. The Morgan fingerprint density at radius 2 is 1.96 bits per heavy atom.